The van der Waals surface area contributed by atoms with E-state index < -0.39 is 0 Å². The Labute approximate surface area is 327 Å². The van der Waals surface area contributed by atoms with E-state index in [1.165, 1.54) is 63.6 Å². The van der Waals surface area contributed by atoms with Crippen molar-refractivity contribution in [2.24, 2.45) is 4.99 Å². The molecule has 0 fully saturated rings. The van der Waals surface area contributed by atoms with E-state index in [4.69, 9.17) is 9.73 Å². The molecule has 56 heavy (non-hydrogen) atoms. The van der Waals surface area contributed by atoms with Gasteiger partial charge in [0, 0.05) is 42.2 Å². The average Bonchev–Trinajstić information content (AvgIpc) is 3.85. The van der Waals surface area contributed by atoms with Crippen molar-refractivity contribution >= 4 is 75.4 Å². The number of ether oxygens (including phenoxy) is 1. The fourth-order valence-corrected chi connectivity index (χ4v) is 10.2. The second kappa shape index (κ2) is 12.3. The van der Waals surface area contributed by atoms with Crippen LogP contribution in [-0.4, -0.2) is 5.84 Å². The molecule has 0 aliphatic carbocycles. The third-order valence-corrected chi connectivity index (χ3v) is 12.7. The molecule has 4 heteroatoms. The summed E-state index contributed by atoms with van der Waals surface area (Å²) in [6.07, 6.45) is 0. The highest BCUT2D eigenvalue weighted by molar-refractivity contribution is 7.26. The summed E-state index contributed by atoms with van der Waals surface area (Å²) in [6, 6.07) is 65.4. The SMILES string of the molecule is c1ccc(C2=C3Oc4ccccc4C3NC(c3cc(-c4ccc(-c5cccc6c5sc5ccccc56)cc4)cc4c5ccccc5c5ccccc5c34)=N2)cc1. The minimum Gasteiger partial charge on any atom is -0.456 e. The summed E-state index contributed by atoms with van der Waals surface area (Å²) in [5.74, 6) is 2.53. The standard InChI is InChI=1S/C52H32N2OS/c1-2-13-33(14-3-1)48-50-49(42-20-8-10-23-45(42)55-50)54-52(53-48)44-30-34(29-43-38-17-5-4-15-36(38)37-16-6-7-19-40(37)47(43)44)31-25-27-32(28-26-31)35-21-12-22-41-39-18-9-11-24-46(39)56-51(35)41/h1-30,49H,(H,53,54). The van der Waals surface area contributed by atoms with Crippen LogP contribution in [0.15, 0.2) is 193 Å². The molecule has 2 aliphatic heterocycles. The van der Waals surface area contributed by atoms with Gasteiger partial charge in [-0.2, -0.15) is 0 Å². The van der Waals surface area contributed by atoms with Crippen LogP contribution in [-0.2, 0) is 0 Å². The normalized spacial score (nSPS) is 14.9. The lowest BCUT2D eigenvalue weighted by molar-refractivity contribution is 0.420. The molecule has 0 spiro atoms. The third-order valence-electron chi connectivity index (χ3n) is 11.5. The quantitative estimate of drug-likeness (QED) is 0.183. The van der Waals surface area contributed by atoms with Gasteiger partial charge >= 0.3 is 0 Å². The minimum absolute atomic E-state index is 0.171. The molecule has 1 N–H and O–H groups in total. The molecule has 1 aromatic heterocycles. The van der Waals surface area contributed by atoms with Crippen LogP contribution in [0.2, 0.25) is 0 Å². The lowest BCUT2D eigenvalue weighted by atomic mass is 9.88. The van der Waals surface area contributed by atoms with Crippen LogP contribution in [0.1, 0.15) is 22.7 Å². The first-order chi connectivity index (χ1) is 27.8. The van der Waals surface area contributed by atoms with E-state index in [0.29, 0.717) is 0 Å². The number of para-hydroxylation sites is 1. The van der Waals surface area contributed by atoms with Crippen molar-refractivity contribution < 1.29 is 4.74 Å². The van der Waals surface area contributed by atoms with Crippen LogP contribution in [0.5, 0.6) is 5.75 Å². The number of hydrogen-bond donors (Lipinski definition) is 1. The van der Waals surface area contributed by atoms with Gasteiger partial charge in [-0.3, -0.25) is 0 Å². The molecule has 3 nitrogen and oxygen atoms in total. The number of amidine groups is 1. The van der Waals surface area contributed by atoms with Crippen molar-refractivity contribution in [3.8, 4) is 28.0 Å². The Morgan fingerprint density at radius 2 is 1.11 bits per heavy atom. The van der Waals surface area contributed by atoms with Gasteiger partial charge in [-0.15, -0.1) is 11.3 Å². The summed E-state index contributed by atoms with van der Waals surface area (Å²) in [5, 5.41) is 13.8. The molecule has 12 rings (SSSR count). The predicted octanol–water partition coefficient (Wildman–Crippen LogP) is 13.7. The smallest absolute Gasteiger partial charge is 0.157 e. The van der Waals surface area contributed by atoms with Crippen molar-refractivity contribution in [3.05, 3.63) is 204 Å². The number of nitrogens with zero attached hydrogens (tertiary/aromatic N) is 1. The zero-order chi connectivity index (χ0) is 36.7. The molecular weight excluding hydrogens is 701 g/mol. The topological polar surface area (TPSA) is 33.6 Å². The molecule has 0 saturated carbocycles. The maximum absolute atomic E-state index is 6.57. The second-order valence-electron chi connectivity index (χ2n) is 14.7. The van der Waals surface area contributed by atoms with E-state index in [0.717, 1.165) is 50.9 Å². The highest BCUT2D eigenvalue weighted by Gasteiger charge is 2.37. The fourth-order valence-electron chi connectivity index (χ4n) is 8.94. The molecule has 0 radical (unpaired) electrons. The van der Waals surface area contributed by atoms with Crippen molar-refractivity contribution in [1.29, 1.82) is 0 Å². The molecule has 2 aliphatic rings. The molecule has 0 saturated heterocycles. The molecular formula is C52H32N2OS. The van der Waals surface area contributed by atoms with E-state index in [-0.39, 0.29) is 6.04 Å². The Morgan fingerprint density at radius 3 is 1.93 bits per heavy atom. The summed E-state index contributed by atoms with van der Waals surface area (Å²) < 4.78 is 9.22. The highest BCUT2D eigenvalue weighted by atomic mass is 32.1. The van der Waals surface area contributed by atoms with Crippen LogP contribution in [0.25, 0.3) is 80.4 Å². The summed E-state index contributed by atoms with van der Waals surface area (Å²) in [6.45, 7) is 0. The number of hydrogen-bond acceptors (Lipinski definition) is 4. The lowest BCUT2D eigenvalue weighted by Crippen LogP contribution is -2.33. The maximum Gasteiger partial charge on any atom is 0.157 e. The number of rotatable bonds is 4. The summed E-state index contributed by atoms with van der Waals surface area (Å²) in [4.78, 5) is 5.48. The van der Waals surface area contributed by atoms with Gasteiger partial charge in [0.05, 0.1) is 0 Å². The number of fused-ring (bicyclic) bond motifs is 12. The van der Waals surface area contributed by atoms with Gasteiger partial charge in [-0.1, -0.05) is 158 Å². The first-order valence-electron chi connectivity index (χ1n) is 19.1. The molecule has 10 aromatic rings. The van der Waals surface area contributed by atoms with Crippen LogP contribution < -0.4 is 10.1 Å². The number of thiophene rings is 1. The van der Waals surface area contributed by atoms with E-state index in [9.17, 15) is 0 Å². The third kappa shape index (κ3) is 4.73. The average molecular weight is 733 g/mol. The fraction of sp³-hybridized carbons (Fsp3) is 0.0192. The van der Waals surface area contributed by atoms with E-state index in [2.05, 4.69) is 169 Å². The Morgan fingerprint density at radius 1 is 0.464 bits per heavy atom. The Kier molecular flexibility index (Phi) is 6.86. The summed E-state index contributed by atoms with van der Waals surface area (Å²) >= 11 is 1.87. The van der Waals surface area contributed by atoms with E-state index in [1.54, 1.807) is 0 Å². The van der Waals surface area contributed by atoms with Gasteiger partial charge in [0.25, 0.3) is 0 Å². The zero-order valence-corrected chi connectivity index (χ0v) is 31.0. The van der Waals surface area contributed by atoms with Gasteiger partial charge in [0.15, 0.2) is 5.76 Å². The Bertz CT molecular complexity index is 3300. The highest BCUT2D eigenvalue weighted by Crippen LogP contribution is 2.47. The van der Waals surface area contributed by atoms with Gasteiger partial charge in [-0.05, 0) is 73.5 Å². The molecule has 0 bridgehead atoms. The Balaban J connectivity index is 1.09. The molecule has 1 atom stereocenters. The zero-order valence-electron chi connectivity index (χ0n) is 30.2. The number of benzene rings is 9. The van der Waals surface area contributed by atoms with Crippen LogP contribution in [0.4, 0.5) is 0 Å². The Hall–Kier alpha value is -7.01. The molecule has 0 amide bonds. The summed E-state index contributed by atoms with van der Waals surface area (Å²) in [5.41, 5.74) is 8.84. The van der Waals surface area contributed by atoms with E-state index in [1.807, 2.05) is 29.5 Å². The lowest BCUT2D eigenvalue weighted by Gasteiger charge is -2.26. The molecule has 262 valence electrons. The van der Waals surface area contributed by atoms with Crippen LogP contribution >= 0.6 is 11.3 Å². The maximum atomic E-state index is 6.57. The van der Waals surface area contributed by atoms with Gasteiger partial charge in [0.2, 0.25) is 0 Å². The monoisotopic (exact) mass is 732 g/mol. The second-order valence-corrected chi connectivity index (χ2v) is 15.7. The number of aliphatic imine (C=N–C) groups is 1. The van der Waals surface area contributed by atoms with Crippen molar-refractivity contribution in [2.75, 3.05) is 0 Å². The molecule has 9 aromatic carbocycles. The molecule has 1 unspecified atom stereocenters. The van der Waals surface area contributed by atoms with Crippen molar-refractivity contribution in [3.63, 3.8) is 0 Å². The summed E-state index contributed by atoms with van der Waals surface area (Å²) in [7, 11) is 0. The van der Waals surface area contributed by atoms with Gasteiger partial charge < -0.3 is 10.1 Å². The minimum atomic E-state index is -0.171. The van der Waals surface area contributed by atoms with E-state index >= 15 is 0 Å². The van der Waals surface area contributed by atoms with Crippen molar-refractivity contribution in [2.45, 2.75) is 6.04 Å². The van der Waals surface area contributed by atoms with Crippen LogP contribution in [0, 0.1) is 0 Å². The predicted molar refractivity (Wildman–Crippen MR) is 236 cm³/mol. The van der Waals surface area contributed by atoms with Crippen LogP contribution in [0.3, 0.4) is 0 Å². The van der Waals surface area contributed by atoms with Gasteiger partial charge in [-0.25, -0.2) is 4.99 Å². The van der Waals surface area contributed by atoms with Gasteiger partial charge in [0.1, 0.15) is 23.3 Å². The first kappa shape index (κ1) is 31.4. The molecule has 3 heterocycles. The first-order valence-corrected chi connectivity index (χ1v) is 19.9. The number of nitrogens with one attached hydrogen (secondary N) is 1. The largest absolute Gasteiger partial charge is 0.456 e. The van der Waals surface area contributed by atoms with Crippen molar-refractivity contribution in [1.82, 2.24) is 5.32 Å².